The first-order valence-electron chi connectivity index (χ1n) is 6.91. The average molecular weight is 330 g/mol. The monoisotopic (exact) mass is 329 g/mol. The lowest BCUT2D eigenvalue weighted by Gasteiger charge is -2.26. The van der Waals surface area contributed by atoms with Crippen LogP contribution in [0.2, 0.25) is 0 Å². The predicted molar refractivity (Wildman–Crippen MR) is 85.8 cm³/mol. The number of rotatable bonds is 5. The minimum absolute atomic E-state index is 0. The van der Waals surface area contributed by atoms with Gasteiger partial charge in [0, 0.05) is 11.8 Å². The third-order valence-corrected chi connectivity index (χ3v) is 3.92. The third-order valence-electron chi connectivity index (χ3n) is 3.92. The molecule has 122 valence electrons. The van der Waals surface area contributed by atoms with Gasteiger partial charge in [-0.05, 0) is 37.9 Å². The second-order valence-electron chi connectivity index (χ2n) is 5.06. The molecule has 2 rings (SSSR count). The van der Waals surface area contributed by atoms with E-state index in [-0.39, 0.29) is 29.8 Å². The Bertz CT molecular complexity index is 559. The number of benzene rings is 1. The maximum atomic E-state index is 12.4. The van der Waals surface area contributed by atoms with Crippen LogP contribution < -0.4 is 15.4 Å². The van der Waals surface area contributed by atoms with Gasteiger partial charge < -0.3 is 15.4 Å². The largest absolute Gasteiger partial charge is 0.490 e. The van der Waals surface area contributed by atoms with E-state index < -0.39 is 10.5 Å². The number of nitro benzene ring substituents is 1. The van der Waals surface area contributed by atoms with Crippen molar-refractivity contribution < 1.29 is 14.5 Å². The first-order valence-corrected chi connectivity index (χ1v) is 6.91. The van der Waals surface area contributed by atoms with Gasteiger partial charge in [-0.2, -0.15) is 0 Å². The summed E-state index contributed by atoms with van der Waals surface area (Å²) in [6.07, 6.45) is 2.40. The lowest BCUT2D eigenvalue weighted by Crippen LogP contribution is -2.50. The second kappa shape index (κ2) is 7.42. The van der Waals surface area contributed by atoms with Crippen LogP contribution in [0.3, 0.4) is 0 Å². The fourth-order valence-electron chi connectivity index (χ4n) is 2.62. The van der Waals surface area contributed by atoms with Crippen LogP contribution >= 0.6 is 12.4 Å². The number of carbonyl (C=O) groups is 1. The van der Waals surface area contributed by atoms with Crippen LogP contribution in [0.5, 0.6) is 5.75 Å². The molecule has 0 bridgehead atoms. The van der Waals surface area contributed by atoms with E-state index in [0.717, 1.165) is 19.4 Å². The summed E-state index contributed by atoms with van der Waals surface area (Å²) in [7, 11) is 1.37. The van der Waals surface area contributed by atoms with E-state index in [1.807, 2.05) is 6.92 Å². The fourth-order valence-corrected chi connectivity index (χ4v) is 2.62. The highest BCUT2D eigenvalue weighted by atomic mass is 35.5. The van der Waals surface area contributed by atoms with Crippen molar-refractivity contribution in [2.45, 2.75) is 31.7 Å². The second-order valence-corrected chi connectivity index (χ2v) is 5.06. The minimum atomic E-state index is -0.575. The molecule has 0 radical (unpaired) electrons. The van der Waals surface area contributed by atoms with Crippen molar-refractivity contribution >= 4 is 29.7 Å². The van der Waals surface area contributed by atoms with Crippen LogP contribution in [0.1, 0.15) is 26.2 Å². The highest BCUT2D eigenvalue weighted by molar-refractivity contribution is 5.98. The average Bonchev–Trinajstić information content (AvgIpc) is 2.97. The van der Waals surface area contributed by atoms with E-state index in [9.17, 15) is 14.9 Å². The Kier molecular flexibility index (Phi) is 6.13. The van der Waals surface area contributed by atoms with Crippen LogP contribution in [0.15, 0.2) is 18.2 Å². The molecule has 1 fully saturated rings. The molecule has 0 aromatic heterocycles. The molecule has 0 spiro atoms. The lowest BCUT2D eigenvalue weighted by atomic mass is 9.93. The molecule has 7 nitrogen and oxygen atoms in total. The van der Waals surface area contributed by atoms with Gasteiger partial charge in [-0.15, -0.1) is 12.4 Å². The van der Waals surface area contributed by atoms with Gasteiger partial charge in [-0.25, -0.2) is 0 Å². The molecule has 0 aliphatic carbocycles. The van der Waals surface area contributed by atoms with E-state index >= 15 is 0 Å². The molecule has 0 saturated carbocycles. The third kappa shape index (κ3) is 3.48. The number of halogens is 1. The summed E-state index contributed by atoms with van der Waals surface area (Å²) in [4.78, 5) is 22.9. The molecule has 1 atom stereocenters. The van der Waals surface area contributed by atoms with Gasteiger partial charge in [0.15, 0.2) is 5.75 Å². The number of carbonyl (C=O) groups excluding carboxylic acids is 1. The Labute approximate surface area is 135 Å². The zero-order chi connectivity index (χ0) is 15.5. The van der Waals surface area contributed by atoms with Crippen molar-refractivity contribution in [1.82, 2.24) is 5.32 Å². The molecule has 1 heterocycles. The van der Waals surface area contributed by atoms with Crippen LogP contribution in [0.25, 0.3) is 0 Å². The Balaban J connectivity index is 0.00000242. The van der Waals surface area contributed by atoms with Crippen molar-refractivity contribution in [3.8, 4) is 5.75 Å². The van der Waals surface area contributed by atoms with Crippen LogP contribution in [-0.4, -0.2) is 30.0 Å². The molecule has 1 amide bonds. The lowest BCUT2D eigenvalue weighted by molar-refractivity contribution is -0.385. The Hall–Kier alpha value is -1.86. The zero-order valence-electron chi connectivity index (χ0n) is 12.5. The molecule has 1 aliphatic rings. The van der Waals surface area contributed by atoms with Crippen molar-refractivity contribution in [3.05, 3.63) is 28.3 Å². The van der Waals surface area contributed by atoms with Crippen molar-refractivity contribution in [2.75, 3.05) is 19.0 Å². The van der Waals surface area contributed by atoms with Gasteiger partial charge in [-0.3, -0.25) is 14.9 Å². The first kappa shape index (κ1) is 18.2. The van der Waals surface area contributed by atoms with E-state index in [2.05, 4.69) is 10.6 Å². The van der Waals surface area contributed by atoms with Crippen molar-refractivity contribution in [2.24, 2.45) is 0 Å². The number of anilines is 1. The number of hydrogen-bond acceptors (Lipinski definition) is 5. The summed E-state index contributed by atoms with van der Waals surface area (Å²) in [5.41, 5.74) is -0.344. The first-order chi connectivity index (χ1) is 10.0. The van der Waals surface area contributed by atoms with Gasteiger partial charge in [0.25, 0.3) is 0 Å². The maximum absolute atomic E-state index is 12.4. The number of hydrogen-bond donors (Lipinski definition) is 2. The normalized spacial score (nSPS) is 20.1. The summed E-state index contributed by atoms with van der Waals surface area (Å²) >= 11 is 0. The van der Waals surface area contributed by atoms with Gasteiger partial charge in [-0.1, -0.05) is 6.92 Å². The number of methoxy groups -OCH3 is 1. The summed E-state index contributed by atoms with van der Waals surface area (Å²) in [5, 5.41) is 17.0. The number of nitrogens with zero attached hydrogens (tertiary/aromatic N) is 1. The van der Waals surface area contributed by atoms with E-state index in [1.54, 1.807) is 6.07 Å². The molecule has 8 heteroatoms. The highest BCUT2D eigenvalue weighted by Crippen LogP contribution is 2.31. The highest BCUT2D eigenvalue weighted by Gasteiger charge is 2.39. The number of nitro groups is 1. The SMILES string of the molecule is CCC1(C(=O)Nc2ccc(OC)c([N+](=O)[O-])c2)CCCN1.Cl. The minimum Gasteiger partial charge on any atom is -0.490 e. The Morgan fingerprint density at radius 2 is 2.27 bits per heavy atom. The molecule has 1 aromatic carbocycles. The Morgan fingerprint density at radius 3 is 2.77 bits per heavy atom. The zero-order valence-corrected chi connectivity index (χ0v) is 13.4. The van der Waals surface area contributed by atoms with E-state index in [1.165, 1.54) is 19.2 Å². The summed E-state index contributed by atoms with van der Waals surface area (Å²) in [6.45, 7) is 2.76. The van der Waals surface area contributed by atoms with Crippen molar-refractivity contribution in [3.63, 3.8) is 0 Å². The molecule has 1 saturated heterocycles. The summed E-state index contributed by atoms with van der Waals surface area (Å²) < 4.78 is 4.94. The molecule has 1 unspecified atom stereocenters. The van der Waals surface area contributed by atoms with Gasteiger partial charge >= 0.3 is 5.69 Å². The quantitative estimate of drug-likeness (QED) is 0.639. The van der Waals surface area contributed by atoms with E-state index in [0.29, 0.717) is 12.1 Å². The topological polar surface area (TPSA) is 93.5 Å². The van der Waals surface area contributed by atoms with Gasteiger partial charge in [0.05, 0.1) is 17.6 Å². The van der Waals surface area contributed by atoms with Crippen LogP contribution in [0.4, 0.5) is 11.4 Å². The summed E-state index contributed by atoms with van der Waals surface area (Å²) in [6, 6.07) is 4.39. The van der Waals surface area contributed by atoms with Crippen LogP contribution in [-0.2, 0) is 4.79 Å². The molecular formula is C14H20ClN3O4. The van der Waals surface area contributed by atoms with Crippen molar-refractivity contribution in [1.29, 1.82) is 0 Å². The molecule has 1 aromatic rings. The maximum Gasteiger partial charge on any atom is 0.312 e. The molecule has 22 heavy (non-hydrogen) atoms. The Morgan fingerprint density at radius 1 is 1.55 bits per heavy atom. The molecular weight excluding hydrogens is 310 g/mol. The summed E-state index contributed by atoms with van der Waals surface area (Å²) in [5.74, 6) is 0.0177. The van der Waals surface area contributed by atoms with Gasteiger partial charge in [0.2, 0.25) is 5.91 Å². The fraction of sp³-hybridized carbons (Fsp3) is 0.500. The predicted octanol–water partition coefficient (Wildman–Crippen LogP) is 2.50. The standard InChI is InChI=1S/C14H19N3O4.ClH/c1-3-14(7-4-8-15-14)13(18)16-10-5-6-12(21-2)11(9-10)17(19)20;/h5-6,9,15H,3-4,7-8H2,1-2H3,(H,16,18);1H. The molecule has 1 aliphatic heterocycles. The van der Waals surface area contributed by atoms with Crippen LogP contribution in [0, 0.1) is 10.1 Å². The smallest absolute Gasteiger partial charge is 0.312 e. The number of nitrogens with one attached hydrogen (secondary N) is 2. The number of amides is 1. The van der Waals surface area contributed by atoms with Gasteiger partial charge in [0.1, 0.15) is 0 Å². The number of ether oxygens (including phenoxy) is 1. The molecule has 2 N–H and O–H groups in total. The van der Waals surface area contributed by atoms with E-state index in [4.69, 9.17) is 4.74 Å².